The van der Waals surface area contributed by atoms with Crippen LogP contribution < -0.4 is 0 Å². The van der Waals surface area contributed by atoms with E-state index in [1.54, 1.807) is 19.2 Å². The van der Waals surface area contributed by atoms with Gasteiger partial charge in [0.1, 0.15) is 10.9 Å². The average Bonchev–Trinajstić information content (AvgIpc) is 2.73. The van der Waals surface area contributed by atoms with Gasteiger partial charge in [0.25, 0.3) is 0 Å². The van der Waals surface area contributed by atoms with E-state index in [0.717, 1.165) is 11.3 Å². The fourth-order valence-corrected chi connectivity index (χ4v) is 1.94. The van der Waals surface area contributed by atoms with Crippen LogP contribution in [-0.4, -0.2) is 24.0 Å². The average molecular weight is 239 g/mol. The van der Waals surface area contributed by atoms with Crippen LogP contribution in [0.15, 0.2) is 33.0 Å². The molecule has 4 nitrogen and oxygen atoms in total. The summed E-state index contributed by atoms with van der Waals surface area (Å²) in [4.78, 5) is 19.9. The molecule has 0 spiro atoms. The number of carbonyl (C=O) groups is 1. The van der Waals surface area contributed by atoms with Gasteiger partial charge in [-0.15, -0.1) is 0 Å². The van der Waals surface area contributed by atoms with Gasteiger partial charge in [-0.05, 0) is 13.0 Å². The van der Waals surface area contributed by atoms with Gasteiger partial charge in [-0.1, -0.05) is 18.5 Å². The van der Waals surface area contributed by atoms with Crippen LogP contribution in [0.25, 0.3) is 0 Å². The summed E-state index contributed by atoms with van der Waals surface area (Å²) in [5, 5.41) is 0.300. The van der Waals surface area contributed by atoms with E-state index in [1.807, 2.05) is 6.92 Å². The van der Waals surface area contributed by atoms with Crippen LogP contribution in [0.1, 0.15) is 13.8 Å². The van der Waals surface area contributed by atoms with E-state index in [2.05, 4.69) is 9.98 Å². The normalized spacial score (nSPS) is 22.8. The van der Waals surface area contributed by atoms with Gasteiger partial charge >= 0.3 is 5.97 Å². The number of hydrogen-bond acceptors (Lipinski definition) is 4. The molecule has 0 saturated carbocycles. The molecule has 1 unspecified atom stereocenters. The summed E-state index contributed by atoms with van der Waals surface area (Å²) < 4.78 is 4.92. The van der Waals surface area contributed by atoms with Gasteiger partial charge in [0.15, 0.2) is 0 Å². The molecule has 2 heterocycles. The standard InChI is InChI=1S/C11H11ClN2O2/c1-3-16-11(15)9-6(2)8-7(4-5-13-8)10(12)14-9/h4-6H,3H2,1-2H3. The minimum Gasteiger partial charge on any atom is -0.461 e. The Hall–Kier alpha value is -1.42. The van der Waals surface area contributed by atoms with Crippen molar-refractivity contribution in [2.45, 2.75) is 13.8 Å². The third-order valence-corrected chi connectivity index (χ3v) is 2.76. The quantitative estimate of drug-likeness (QED) is 0.546. The van der Waals surface area contributed by atoms with Gasteiger partial charge in [-0.3, -0.25) is 4.99 Å². The smallest absolute Gasteiger partial charge is 0.353 e. The molecule has 0 aliphatic carbocycles. The van der Waals surface area contributed by atoms with Gasteiger partial charge < -0.3 is 4.74 Å². The summed E-state index contributed by atoms with van der Waals surface area (Å²) in [5.41, 5.74) is 1.89. The highest BCUT2D eigenvalue weighted by molar-refractivity contribution is 6.47. The molecule has 0 saturated heterocycles. The number of ether oxygens (including phenoxy) is 1. The maximum absolute atomic E-state index is 11.6. The van der Waals surface area contributed by atoms with Crippen molar-refractivity contribution in [3.63, 3.8) is 0 Å². The molecule has 5 heteroatoms. The molecular weight excluding hydrogens is 228 g/mol. The Morgan fingerprint density at radius 1 is 1.62 bits per heavy atom. The van der Waals surface area contributed by atoms with Crippen molar-refractivity contribution in [3.8, 4) is 0 Å². The molecule has 0 amide bonds. The van der Waals surface area contributed by atoms with Crippen molar-refractivity contribution >= 4 is 29.0 Å². The highest BCUT2D eigenvalue weighted by Crippen LogP contribution is 2.28. The molecule has 0 aromatic heterocycles. The number of fused-ring (bicyclic) bond motifs is 1. The number of nitrogens with zero attached hydrogens (tertiary/aromatic N) is 2. The lowest BCUT2D eigenvalue weighted by Gasteiger charge is -2.19. The van der Waals surface area contributed by atoms with Crippen LogP contribution in [0.3, 0.4) is 0 Å². The lowest BCUT2D eigenvalue weighted by atomic mass is 9.93. The topological polar surface area (TPSA) is 51.0 Å². The Morgan fingerprint density at radius 3 is 3.06 bits per heavy atom. The van der Waals surface area contributed by atoms with Crippen LogP contribution in [0.5, 0.6) is 0 Å². The molecular formula is C11H11ClN2O2. The van der Waals surface area contributed by atoms with Crippen molar-refractivity contribution in [1.82, 2.24) is 0 Å². The van der Waals surface area contributed by atoms with E-state index in [9.17, 15) is 4.79 Å². The Bertz CT molecular complexity index is 461. The molecule has 2 aliphatic heterocycles. The van der Waals surface area contributed by atoms with Gasteiger partial charge in [0, 0.05) is 17.7 Å². The number of allylic oxidation sites excluding steroid dienone is 2. The van der Waals surface area contributed by atoms with Crippen molar-refractivity contribution in [2.24, 2.45) is 15.9 Å². The SMILES string of the molecule is CCOC(=O)C1=NC(Cl)=C2C=CN=C2C1C. The first kappa shape index (κ1) is 11.1. The van der Waals surface area contributed by atoms with Crippen molar-refractivity contribution in [3.05, 3.63) is 23.0 Å². The zero-order chi connectivity index (χ0) is 11.7. The van der Waals surface area contributed by atoms with Gasteiger partial charge in [-0.25, -0.2) is 9.79 Å². The molecule has 0 aromatic carbocycles. The maximum Gasteiger partial charge on any atom is 0.353 e. The molecule has 2 rings (SSSR count). The molecule has 16 heavy (non-hydrogen) atoms. The third kappa shape index (κ3) is 1.69. The summed E-state index contributed by atoms with van der Waals surface area (Å²) in [7, 11) is 0. The molecule has 0 N–H and O–H groups in total. The first-order valence-electron chi connectivity index (χ1n) is 5.05. The zero-order valence-corrected chi connectivity index (χ0v) is 9.78. The van der Waals surface area contributed by atoms with Crippen LogP contribution in [0.4, 0.5) is 0 Å². The van der Waals surface area contributed by atoms with Crippen LogP contribution >= 0.6 is 11.6 Å². The monoisotopic (exact) mass is 238 g/mol. The van der Waals surface area contributed by atoms with E-state index in [-0.39, 0.29) is 5.92 Å². The van der Waals surface area contributed by atoms with Gasteiger partial charge in [0.2, 0.25) is 0 Å². The number of hydrogen-bond donors (Lipinski definition) is 0. The van der Waals surface area contributed by atoms with E-state index in [4.69, 9.17) is 16.3 Å². The van der Waals surface area contributed by atoms with Crippen molar-refractivity contribution in [1.29, 1.82) is 0 Å². The zero-order valence-electron chi connectivity index (χ0n) is 9.03. The number of esters is 1. The fraction of sp³-hybridized carbons (Fsp3) is 0.364. The number of rotatable bonds is 2. The molecule has 2 aliphatic rings. The Balaban J connectivity index is 2.36. The Labute approximate surface area is 98.4 Å². The molecule has 84 valence electrons. The second-order valence-electron chi connectivity index (χ2n) is 3.47. The fourth-order valence-electron chi connectivity index (χ4n) is 1.69. The number of carbonyl (C=O) groups excluding carboxylic acids is 1. The third-order valence-electron chi connectivity index (χ3n) is 2.48. The Morgan fingerprint density at radius 2 is 2.38 bits per heavy atom. The van der Waals surface area contributed by atoms with Crippen LogP contribution in [0.2, 0.25) is 0 Å². The summed E-state index contributed by atoms with van der Waals surface area (Å²) in [5.74, 6) is -0.603. The molecule has 0 radical (unpaired) electrons. The second-order valence-corrected chi connectivity index (χ2v) is 3.83. The van der Waals surface area contributed by atoms with Gasteiger partial charge in [-0.2, -0.15) is 0 Å². The van der Waals surface area contributed by atoms with Crippen molar-refractivity contribution in [2.75, 3.05) is 6.61 Å². The highest BCUT2D eigenvalue weighted by atomic mass is 35.5. The molecule has 0 aromatic rings. The van der Waals surface area contributed by atoms with Gasteiger partial charge in [0.05, 0.1) is 12.3 Å². The highest BCUT2D eigenvalue weighted by Gasteiger charge is 2.32. The van der Waals surface area contributed by atoms with E-state index >= 15 is 0 Å². The maximum atomic E-state index is 11.6. The molecule has 1 atom stereocenters. The summed E-state index contributed by atoms with van der Waals surface area (Å²) >= 11 is 5.97. The Kier molecular flexibility index (Phi) is 2.92. The van der Waals surface area contributed by atoms with Crippen LogP contribution in [-0.2, 0) is 9.53 Å². The van der Waals surface area contributed by atoms with E-state index in [1.165, 1.54) is 0 Å². The summed E-state index contributed by atoms with van der Waals surface area (Å²) in [6, 6.07) is 0. The predicted molar refractivity (Wildman–Crippen MR) is 62.7 cm³/mol. The second kappa shape index (κ2) is 4.22. The first-order valence-corrected chi connectivity index (χ1v) is 5.43. The molecule has 0 fully saturated rings. The first-order chi connectivity index (χ1) is 7.65. The summed E-state index contributed by atoms with van der Waals surface area (Å²) in [6.07, 6.45) is 3.45. The van der Waals surface area contributed by atoms with E-state index in [0.29, 0.717) is 17.5 Å². The number of halogens is 1. The molecule has 0 bridgehead atoms. The van der Waals surface area contributed by atoms with Crippen molar-refractivity contribution < 1.29 is 9.53 Å². The minimum absolute atomic E-state index is 0.174. The van der Waals surface area contributed by atoms with E-state index < -0.39 is 5.97 Å². The minimum atomic E-state index is -0.429. The van der Waals surface area contributed by atoms with Crippen LogP contribution in [0, 0.1) is 5.92 Å². The summed E-state index contributed by atoms with van der Waals surface area (Å²) in [6.45, 7) is 3.94. The lowest BCUT2D eigenvalue weighted by molar-refractivity contribution is -0.135. The number of aliphatic imine (C=N–C) groups is 2. The largest absolute Gasteiger partial charge is 0.461 e. The predicted octanol–water partition coefficient (Wildman–Crippen LogP) is 2.06. The lowest BCUT2D eigenvalue weighted by Crippen LogP contribution is -2.32.